The minimum absolute atomic E-state index is 0.482. The number of methoxy groups -OCH3 is 1. The molecule has 0 amide bonds. The molecule has 2 N–H and O–H groups in total. The third kappa shape index (κ3) is 1.89. The van der Waals surface area contributed by atoms with Gasteiger partial charge in [0.25, 0.3) is 0 Å². The van der Waals surface area contributed by atoms with Crippen LogP contribution in [-0.2, 0) is 0 Å². The lowest BCUT2D eigenvalue weighted by atomic mass is 10.1. The van der Waals surface area contributed by atoms with E-state index in [9.17, 15) is 0 Å². The van der Waals surface area contributed by atoms with Gasteiger partial charge in [0, 0.05) is 5.56 Å². The number of fused-ring (bicyclic) bond motifs is 1. The highest BCUT2D eigenvalue weighted by Crippen LogP contribution is 2.29. The average Bonchev–Trinajstić information content (AvgIpc) is 2.80. The lowest BCUT2D eigenvalue weighted by molar-refractivity contribution is 0.416. The quantitative estimate of drug-likeness (QED) is 0.762. The first-order valence-electron chi connectivity index (χ1n) is 5.94. The van der Waals surface area contributed by atoms with Gasteiger partial charge in [-0.25, -0.2) is 9.50 Å². The number of aromatic nitrogens is 3. The topological polar surface area (TPSA) is 65.4 Å². The van der Waals surface area contributed by atoms with Crippen molar-refractivity contribution in [2.45, 2.75) is 6.92 Å². The maximum atomic E-state index is 5.75. The maximum absolute atomic E-state index is 5.75. The zero-order valence-electron chi connectivity index (χ0n) is 10.8. The van der Waals surface area contributed by atoms with Crippen molar-refractivity contribution in [1.29, 1.82) is 0 Å². The molecule has 19 heavy (non-hydrogen) atoms. The van der Waals surface area contributed by atoms with Gasteiger partial charge in [-0.15, -0.1) is 0 Å². The first-order chi connectivity index (χ1) is 9.19. The van der Waals surface area contributed by atoms with Crippen LogP contribution in [0.25, 0.3) is 16.8 Å². The Morgan fingerprint density at radius 1 is 1.21 bits per heavy atom. The normalized spacial score (nSPS) is 10.8. The van der Waals surface area contributed by atoms with E-state index in [0.29, 0.717) is 5.82 Å². The second-order valence-corrected chi connectivity index (χ2v) is 4.38. The summed E-state index contributed by atoms with van der Waals surface area (Å²) in [5.74, 6) is 1.28. The van der Waals surface area contributed by atoms with Crippen LogP contribution in [-0.4, -0.2) is 21.7 Å². The summed E-state index contributed by atoms with van der Waals surface area (Å²) in [6, 6.07) is 9.83. The minimum Gasteiger partial charge on any atom is -0.496 e. The first-order valence-corrected chi connectivity index (χ1v) is 5.94. The molecule has 0 atom stereocenters. The van der Waals surface area contributed by atoms with Gasteiger partial charge in [-0.1, -0.05) is 11.6 Å². The Morgan fingerprint density at radius 2 is 2.05 bits per heavy atom. The molecule has 0 radical (unpaired) electrons. The molecule has 0 aliphatic rings. The Hall–Kier alpha value is -2.56. The van der Waals surface area contributed by atoms with E-state index in [2.05, 4.69) is 10.1 Å². The molecule has 3 aromatic rings. The molecule has 0 saturated carbocycles. The van der Waals surface area contributed by atoms with E-state index in [-0.39, 0.29) is 0 Å². The Bertz CT molecular complexity index is 748. The second-order valence-electron chi connectivity index (χ2n) is 4.38. The Kier molecular flexibility index (Phi) is 2.59. The number of ether oxygens (including phenoxy) is 1. The smallest absolute Gasteiger partial charge is 0.151 e. The van der Waals surface area contributed by atoms with Crippen molar-refractivity contribution in [3.8, 4) is 17.0 Å². The average molecular weight is 254 g/mol. The highest BCUT2D eigenvalue weighted by Gasteiger charge is 2.09. The van der Waals surface area contributed by atoms with Crippen LogP contribution < -0.4 is 10.5 Å². The summed E-state index contributed by atoms with van der Waals surface area (Å²) in [7, 11) is 1.65. The number of rotatable bonds is 2. The van der Waals surface area contributed by atoms with Gasteiger partial charge in [-0.2, -0.15) is 5.10 Å². The predicted molar refractivity (Wildman–Crippen MR) is 74.1 cm³/mol. The number of nitrogen functional groups attached to an aromatic ring is 1. The van der Waals surface area contributed by atoms with Gasteiger partial charge in [0.05, 0.1) is 12.8 Å². The van der Waals surface area contributed by atoms with E-state index >= 15 is 0 Å². The molecule has 0 fully saturated rings. The number of benzene rings is 1. The number of nitrogens with two attached hydrogens (primary N) is 1. The van der Waals surface area contributed by atoms with Crippen molar-refractivity contribution in [2.24, 2.45) is 0 Å². The van der Waals surface area contributed by atoms with Crippen LogP contribution in [0.4, 0.5) is 5.82 Å². The molecule has 0 aliphatic carbocycles. The van der Waals surface area contributed by atoms with Crippen LogP contribution in [0, 0.1) is 6.92 Å². The van der Waals surface area contributed by atoms with E-state index in [4.69, 9.17) is 10.5 Å². The Morgan fingerprint density at radius 3 is 2.84 bits per heavy atom. The SMILES string of the molecule is COc1ccc(C)cc1-c1ccc2c(N)ncn2n1. The van der Waals surface area contributed by atoms with Crippen molar-refractivity contribution in [1.82, 2.24) is 14.6 Å². The van der Waals surface area contributed by atoms with Gasteiger partial charge in [0.15, 0.2) is 5.82 Å². The van der Waals surface area contributed by atoms with Gasteiger partial charge < -0.3 is 10.5 Å². The van der Waals surface area contributed by atoms with Crippen molar-refractivity contribution in [3.05, 3.63) is 42.2 Å². The monoisotopic (exact) mass is 254 g/mol. The molecule has 96 valence electrons. The van der Waals surface area contributed by atoms with Crippen LogP contribution in [0.15, 0.2) is 36.7 Å². The molecule has 5 heteroatoms. The summed E-state index contributed by atoms with van der Waals surface area (Å²) in [5.41, 5.74) is 9.48. The summed E-state index contributed by atoms with van der Waals surface area (Å²) in [4.78, 5) is 4.04. The third-order valence-electron chi connectivity index (χ3n) is 3.06. The standard InChI is InChI=1S/C14H14N4O/c1-9-3-6-13(19-2)10(7-9)11-4-5-12-14(15)16-8-18(12)17-11/h3-8H,15H2,1-2H3. The van der Waals surface area contributed by atoms with Crippen LogP contribution in [0.2, 0.25) is 0 Å². The Labute approximate surface area is 110 Å². The molecule has 5 nitrogen and oxygen atoms in total. The molecule has 0 saturated heterocycles. The lowest BCUT2D eigenvalue weighted by Gasteiger charge is -2.09. The van der Waals surface area contributed by atoms with Crippen molar-refractivity contribution < 1.29 is 4.74 Å². The summed E-state index contributed by atoms with van der Waals surface area (Å²) < 4.78 is 7.06. The summed E-state index contributed by atoms with van der Waals surface area (Å²) in [5, 5.41) is 4.51. The number of anilines is 1. The fraction of sp³-hybridized carbons (Fsp3) is 0.143. The minimum atomic E-state index is 0.482. The van der Waals surface area contributed by atoms with Crippen LogP contribution >= 0.6 is 0 Å². The summed E-state index contributed by atoms with van der Waals surface area (Å²) in [6.45, 7) is 2.04. The molecule has 0 unspecified atom stereocenters. The zero-order valence-corrected chi connectivity index (χ0v) is 10.8. The number of nitrogens with zero attached hydrogens (tertiary/aromatic N) is 3. The second kappa shape index (κ2) is 4.28. The highest BCUT2D eigenvalue weighted by molar-refractivity contribution is 5.71. The van der Waals surface area contributed by atoms with Gasteiger partial charge >= 0.3 is 0 Å². The molecule has 2 aromatic heterocycles. The highest BCUT2D eigenvalue weighted by atomic mass is 16.5. The largest absolute Gasteiger partial charge is 0.496 e. The number of aryl methyl sites for hydroxylation is 1. The molecule has 0 bridgehead atoms. The van der Waals surface area contributed by atoms with E-state index in [1.807, 2.05) is 37.3 Å². The van der Waals surface area contributed by atoms with Gasteiger partial charge in [0.1, 0.15) is 17.6 Å². The van der Waals surface area contributed by atoms with Crippen molar-refractivity contribution in [2.75, 3.05) is 12.8 Å². The molecular formula is C14H14N4O. The molecule has 0 aliphatic heterocycles. The zero-order chi connectivity index (χ0) is 13.4. The van der Waals surface area contributed by atoms with E-state index in [1.54, 1.807) is 18.0 Å². The van der Waals surface area contributed by atoms with E-state index in [0.717, 1.165) is 28.1 Å². The molecule has 3 rings (SSSR count). The number of hydrogen-bond acceptors (Lipinski definition) is 4. The lowest BCUT2D eigenvalue weighted by Crippen LogP contribution is -1.96. The molecule has 0 spiro atoms. The van der Waals surface area contributed by atoms with Crippen LogP contribution in [0.3, 0.4) is 0 Å². The fourth-order valence-electron chi connectivity index (χ4n) is 2.08. The third-order valence-corrected chi connectivity index (χ3v) is 3.06. The molecule has 1 aromatic carbocycles. The van der Waals surface area contributed by atoms with Gasteiger partial charge in [-0.05, 0) is 31.2 Å². The summed E-state index contributed by atoms with van der Waals surface area (Å²) >= 11 is 0. The van der Waals surface area contributed by atoms with Gasteiger partial charge in [-0.3, -0.25) is 0 Å². The Balaban J connectivity index is 2.21. The van der Waals surface area contributed by atoms with Crippen LogP contribution in [0.1, 0.15) is 5.56 Å². The molecule has 2 heterocycles. The number of hydrogen-bond donors (Lipinski definition) is 1. The van der Waals surface area contributed by atoms with Crippen molar-refractivity contribution in [3.63, 3.8) is 0 Å². The van der Waals surface area contributed by atoms with Crippen molar-refractivity contribution >= 4 is 11.3 Å². The van der Waals surface area contributed by atoms with Gasteiger partial charge in [0.2, 0.25) is 0 Å². The van der Waals surface area contributed by atoms with E-state index in [1.165, 1.54) is 0 Å². The van der Waals surface area contributed by atoms with Crippen LogP contribution in [0.5, 0.6) is 5.75 Å². The summed E-state index contributed by atoms with van der Waals surface area (Å²) in [6.07, 6.45) is 1.61. The maximum Gasteiger partial charge on any atom is 0.151 e. The number of imidazole rings is 1. The predicted octanol–water partition coefficient (Wildman–Crippen LogP) is 2.30. The van der Waals surface area contributed by atoms with E-state index < -0.39 is 0 Å². The first kappa shape index (κ1) is 11.5. The fourth-order valence-corrected chi connectivity index (χ4v) is 2.08. The molecular weight excluding hydrogens is 240 g/mol.